The molecule has 2 aromatic carbocycles. The second-order valence-electron chi connectivity index (χ2n) is 8.29. The summed E-state index contributed by atoms with van der Waals surface area (Å²) in [5, 5.41) is 7.81. The van der Waals surface area contributed by atoms with Gasteiger partial charge in [0.05, 0.1) is 0 Å². The predicted octanol–water partition coefficient (Wildman–Crippen LogP) is 6.08. The normalized spacial score (nSPS) is 20.1. The smallest absolute Gasteiger partial charge is 0.319 e. The van der Waals surface area contributed by atoms with Crippen LogP contribution in [0.5, 0.6) is 0 Å². The Labute approximate surface area is 170 Å². The van der Waals surface area contributed by atoms with Crippen molar-refractivity contribution in [3.63, 3.8) is 0 Å². The Bertz CT molecular complexity index is 1010. The van der Waals surface area contributed by atoms with Gasteiger partial charge < -0.3 is 15.6 Å². The number of aromatic amines is 1. The van der Waals surface area contributed by atoms with Crippen LogP contribution in [0.4, 0.5) is 10.5 Å². The SMILES string of the molecule is Cc1[nH]c2ccccc2c1[C@@H]1[C@H](CCNC(=O)Nc2ccc(Cl)cc2)C1(C)C. The van der Waals surface area contributed by atoms with Gasteiger partial charge in [0.15, 0.2) is 0 Å². The maximum Gasteiger partial charge on any atom is 0.319 e. The lowest BCUT2D eigenvalue weighted by atomic mass is 10.0. The molecule has 5 heteroatoms. The Morgan fingerprint density at radius 1 is 1.14 bits per heavy atom. The van der Waals surface area contributed by atoms with Gasteiger partial charge in [-0.25, -0.2) is 4.79 Å². The van der Waals surface area contributed by atoms with E-state index in [2.05, 4.69) is 60.7 Å². The number of amides is 2. The van der Waals surface area contributed by atoms with Crippen LogP contribution in [0.2, 0.25) is 5.02 Å². The minimum Gasteiger partial charge on any atom is -0.358 e. The lowest BCUT2D eigenvalue weighted by molar-refractivity contribution is 0.251. The largest absolute Gasteiger partial charge is 0.358 e. The predicted molar refractivity (Wildman–Crippen MR) is 116 cm³/mol. The maximum atomic E-state index is 12.1. The Balaban J connectivity index is 1.37. The van der Waals surface area contributed by atoms with Gasteiger partial charge in [-0.15, -0.1) is 0 Å². The van der Waals surface area contributed by atoms with Crippen LogP contribution in [0.15, 0.2) is 48.5 Å². The number of aromatic nitrogens is 1. The third kappa shape index (κ3) is 3.49. The summed E-state index contributed by atoms with van der Waals surface area (Å²) in [7, 11) is 0. The summed E-state index contributed by atoms with van der Waals surface area (Å²) in [6.45, 7) is 7.48. The molecule has 1 saturated carbocycles. The Morgan fingerprint density at radius 3 is 2.61 bits per heavy atom. The molecule has 4 nitrogen and oxygen atoms in total. The Kier molecular flexibility index (Phi) is 4.84. The first-order valence-corrected chi connectivity index (χ1v) is 10.1. The molecule has 4 rings (SSSR count). The van der Waals surface area contributed by atoms with E-state index in [4.69, 9.17) is 11.6 Å². The van der Waals surface area contributed by atoms with Crippen molar-refractivity contribution in [2.45, 2.75) is 33.1 Å². The van der Waals surface area contributed by atoms with E-state index in [0.717, 1.165) is 12.1 Å². The highest BCUT2D eigenvalue weighted by Crippen LogP contribution is 2.67. The first kappa shape index (κ1) is 18.9. The Morgan fingerprint density at radius 2 is 1.86 bits per heavy atom. The molecule has 1 fully saturated rings. The number of halogens is 1. The fourth-order valence-electron chi connectivity index (χ4n) is 4.60. The van der Waals surface area contributed by atoms with Gasteiger partial charge in [-0.2, -0.15) is 0 Å². The number of benzene rings is 2. The first-order chi connectivity index (χ1) is 13.4. The van der Waals surface area contributed by atoms with Crippen molar-refractivity contribution in [3.05, 3.63) is 64.8 Å². The van der Waals surface area contributed by atoms with Crippen LogP contribution in [0, 0.1) is 18.3 Å². The number of carbonyl (C=O) groups excluding carboxylic acids is 1. The monoisotopic (exact) mass is 395 g/mol. The molecule has 1 aromatic heterocycles. The molecule has 0 saturated heterocycles. The maximum absolute atomic E-state index is 12.1. The van der Waals surface area contributed by atoms with Gasteiger partial charge in [-0.3, -0.25) is 0 Å². The number of nitrogens with one attached hydrogen (secondary N) is 3. The number of H-pyrrole nitrogens is 1. The molecule has 2 atom stereocenters. The minimum atomic E-state index is -0.180. The molecule has 0 unspecified atom stereocenters. The lowest BCUT2D eigenvalue weighted by Crippen LogP contribution is -2.29. The highest BCUT2D eigenvalue weighted by Gasteiger charge is 2.58. The van der Waals surface area contributed by atoms with E-state index in [-0.39, 0.29) is 11.4 Å². The fraction of sp³-hybridized carbons (Fsp3) is 0.348. The van der Waals surface area contributed by atoms with E-state index in [9.17, 15) is 4.79 Å². The average Bonchev–Trinajstić information content (AvgIpc) is 3.02. The molecule has 0 aliphatic heterocycles. The number of para-hydroxylation sites is 1. The van der Waals surface area contributed by atoms with Crippen LogP contribution in [-0.2, 0) is 0 Å². The number of hydrogen-bond acceptors (Lipinski definition) is 1. The number of carbonyl (C=O) groups is 1. The quantitative estimate of drug-likeness (QED) is 0.481. The summed E-state index contributed by atoms with van der Waals surface area (Å²) < 4.78 is 0. The average molecular weight is 396 g/mol. The van der Waals surface area contributed by atoms with Crippen molar-refractivity contribution in [2.24, 2.45) is 11.3 Å². The van der Waals surface area contributed by atoms with Crippen LogP contribution < -0.4 is 10.6 Å². The van der Waals surface area contributed by atoms with Crippen LogP contribution in [0.25, 0.3) is 10.9 Å². The lowest BCUT2D eigenvalue weighted by Gasteiger charge is -2.08. The molecule has 28 heavy (non-hydrogen) atoms. The summed E-state index contributed by atoms with van der Waals surface area (Å²) in [4.78, 5) is 15.7. The second-order valence-corrected chi connectivity index (χ2v) is 8.73. The zero-order valence-corrected chi connectivity index (χ0v) is 17.2. The molecule has 3 N–H and O–H groups in total. The molecule has 0 spiro atoms. The van der Waals surface area contributed by atoms with Gasteiger partial charge in [0.25, 0.3) is 0 Å². The standard InChI is InChI=1S/C23H26ClN3O/c1-14-20(17-6-4-5-7-19(17)26-14)21-18(23(21,2)3)12-13-25-22(28)27-16-10-8-15(24)9-11-16/h4-11,18,21,26H,12-13H2,1-3H3,(H2,25,27,28)/t18-,21-/m0/s1. The molecule has 1 heterocycles. The molecular formula is C23H26ClN3O. The van der Waals surface area contributed by atoms with E-state index in [1.54, 1.807) is 24.3 Å². The van der Waals surface area contributed by atoms with E-state index in [1.165, 1.54) is 22.2 Å². The van der Waals surface area contributed by atoms with Crippen molar-refractivity contribution in [3.8, 4) is 0 Å². The highest BCUT2D eigenvalue weighted by molar-refractivity contribution is 6.30. The third-order valence-electron chi connectivity index (χ3n) is 6.15. The van der Waals surface area contributed by atoms with Crippen LogP contribution in [0.3, 0.4) is 0 Å². The van der Waals surface area contributed by atoms with E-state index < -0.39 is 0 Å². The van der Waals surface area contributed by atoms with E-state index in [0.29, 0.717) is 23.4 Å². The van der Waals surface area contributed by atoms with Gasteiger partial charge >= 0.3 is 6.03 Å². The molecule has 1 aliphatic rings. The number of aryl methyl sites for hydroxylation is 1. The number of fused-ring (bicyclic) bond motifs is 1. The zero-order valence-electron chi connectivity index (χ0n) is 16.5. The molecule has 2 amide bonds. The minimum absolute atomic E-state index is 0.180. The van der Waals surface area contributed by atoms with Gasteiger partial charge in [0.2, 0.25) is 0 Å². The molecule has 146 valence electrons. The second kappa shape index (κ2) is 7.17. The van der Waals surface area contributed by atoms with Crippen molar-refractivity contribution < 1.29 is 4.79 Å². The molecular weight excluding hydrogens is 370 g/mol. The fourth-order valence-corrected chi connectivity index (χ4v) is 4.73. The number of anilines is 1. The summed E-state index contributed by atoms with van der Waals surface area (Å²) in [6, 6.07) is 15.4. The zero-order chi connectivity index (χ0) is 19.9. The van der Waals surface area contributed by atoms with Gasteiger partial charge in [-0.1, -0.05) is 43.6 Å². The van der Waals surface area contributed by atoms with Crippen molar-refractivity contribution in [2.75, 3.05) is 11.9 Å². The number of rotatable bonds is 5. The van der Waals surface area contributed by atoms with Crippen molar-refractivity contribution >= 4 is 34.2 Å². The van der Waals surface area contributed by atoms with Crippen LogP contribution in [-0.4, -0.2) is 17.6 Å². The number of urea groups is 1. The van der Waals surface area contributed by atoms with Gasteiger partial charge in [-0.05, 0) is 66.5 Å². The summed E-state index contributed by atoms with van der Waals surface area (Å²) in [5.74, 6) is 1.08. The van der Waals surface area contributed by atoms with E-state index in [1.807, 2.05) is 0 Å². The molecule has 1 aliphatic carbocycles. The van der Waals surface area contributed by atoms with Crippen LogP contribution in [0.1, 0.15) is 37.4 Å². The summed E-state index contributed by atoms with van der Waals surface area (Å²) in [5.41, 5.74) is 4.88. The molecule has 3 aromatic rings. The van der Waals surface area contributed by atoms with E-state index >= 15 is 0 Å². The summed E-state index contributed by atoms with van der Waals surface area (Å²) in [6.07, 6.45) is 0.963. The molecule has 0 bridgehead atoms. The third-order valence-corrected chi connectivity index (χ3v) is 6.40. The van der Waals surface area contributed by atoms with Gasteiger partial charge in [0.1, 0.15) is 0 Å². The number of hydrogen-bond donors (Lipinski definition) is 3. The first-order valence-electron chi connectivity index (χ1n) is 9.75. The van der Waals surface area contributed by atoms with Crippen molar-refractivity contribution in [1.29, 1.82) is 0 Å². The topological polar surface area (TPSA) is 56.9 Å². The Hall–Kier alpha value is -2.46. The van der Waals surface area contributed by atoms with Crippen LogP contribution >= 0.6 is 11.6 Å². The summed E-state index contributed by atoms with van der Waals surface area (Å²) >= 11 is 5.87. The van der Waals surface area contributed by atoms with Gasteiger partial charge in [0, 0.05) is 33.9 Å². The highest BCUT2D eigenvalue weighted by atomic mass is 35.5. The van der Waals surface area contributed by atoms with Crippen molar-refractivity contribution in [1.82, 2.24) is 10.3 Å². The molecule has 0 radical (unpaired) electrons.